The Hall–Kier alpha value is -2.36. The van der Waals surface area contributed by atoms with E-state index in [9.17, 15) is 4.79 Å². The standard InChI is InChI=1S/C14H13N3O/c1-10-9-15-8-7-11(10)17-13-6-4-3-5-12(13)16(2)14(17)18/h3-9H,1-2H3. The lowest BCUT2D eigenvalue weighted by molar-refractivity contribution is 0.842. The summed E-state index contributed by atoms with van der Waals surface area (Å²) in [5.74, 6) is 0. The lowest BCUT2D eigenvalue weighted by Crippen LogP contribution is -2.21. The largest absolute Gasteiger partial charge is 0.333 e. The average Bonchev–Trinajstić information content (AvgIpc) is 2.64. The molecule has 3 aromatic rings. The van der Waals surface area contributed by atoms with Crippen LogP contribution in [-0.2, 0) is 7.05 Å². The number of benzene rings is 1. The maximum atomic E-state index is 12.3. The van der Waals surface area contributed by atoms with Crippen LogP contribution in [0, 0.1) is 6.92 Å². The first kappa shape index (κ1) is 10.8. The van der Waals surface area contributed by atoms with Crippen molar-refractivity contribution in [3.63, 3.8) is 0 Å². The summed E-state index contributed by atoms with van der Waals surface area (Å²) in [7, 11) is 1.79. The number of nitrogens with zero attached hydrogens (tertiary/aromatic N) is 3. The number of fused-ring (bicyclic) bond motifs is 1. The Kier molecular flexibility index (Phi) is 2.30. The van der Waals surface area contributed by atoms with E-state index in [0.717, 1.165) is 22.3 Å². The summed E-state index contributed by atoms with van der Waals surface area (Å²) in [6, 6.07) is 9.64. The van der Waals surface area contributed by atoms with Crippen molar-refractivity contribution in [2.75, 3.05) is 0 Å². The first-order valence-electron chi connectivity index (χ1n) is 5.77. The molecule has 0 unspecified atom stereocenters. The van der Waals surface area contributed by atoms with Crippen LogP contribution in [-0.4, -0.2) is 14.1 Å². The van der Waals surface area contributed by atoms with Crippen molar-refractivity contribution in [2.24, 2.45) is 7.05 Å². The topological polar surface area (TPSA) is 39.8 Å². The van der Waals surface area contributed by atoms with E-state index in [0.29, 0.717) is 0 Å². The molecule has 0 saturated heterocycles. The van der Waals surface area contributed by atoms with Gasteiger partial charge in [0, 0.05) is 19.4 Å². The van der Waals surface area contributed by atoms with Crippen LogP contribution in [0.2, 0.25) is 0 Å². The van der Waals surface area contributed by atoms with Gasteiger partial charge in [-0.1, -0.05) is 12.1 Å². The molecule has 4 heteroatoms. The van der Waals surface area contributed by atoms with E-state index >= 15 is 0 Å². The zero-order valence-electron chi connectivity index (χ0n) is 10.3. The molecular formula is C14H13N3O. The molecule has 0 aliphatic rings. The van der Waals surface area contributed by atoms with Crippen molar-refractivity contribution >= 4 is 11.0 Å². The fourth-order valence-electron chi connectivity index (χ4n) is 2.24. The van der Waals surface area contributed by atoms with Crippen LogP contribution in [0.4, 0.5) is 0 Å². The van der Waals surface area contributed by atoms with Gasteiger partial charge in [-0.3, -0.25) is 14.1 Å². The maximum absolute atomic E-state index is 12.3. The van der Waals surface area contributed by atoms with Crippen LogP contribution in [0.5, 0.6) is 0 Å². The Morgan fingerprint density at radius 1 is 1.11 bits per heavy atom. The Balaban J connectivity index is 2.47. The summed E-state index contributed by atoms with van der Waals surface area (Å²) >= 11 is 0. The number of para-hydroxylation sites is 2. The summed E-state index contributed by atoms with van der Waals surface area (Å²) in [5, 5.41) is 0. The molecule has 3 rings (SSSR count). The van der Waals surface area contributed by atoms with Crippen LogP contribution >= 0.6 is 0 Å². The molecule has 1 aromatic carbocycles. The monoisotopic (exact) mass is 239 g/mol. The van der Waals surface area contributed by atoms with Gasteiger partial charge in [0.1, 0.15) is 0 Å². The fraction of sp³-hybridized carbons (Fsp3) is 0.143. The molecule has 0 amide bonds. The van der Waals surface area contributed by atoms with Crippen molar-refractivity contribution in [2.45, 2.75) is 6.92 Å². The minimum absolute atomic E-state index is 0.0366. The second kappa shape index (κ2) is 3.84. The molecule has 0 spiro atoms. The van der Waals surface area contributed by atoms with Crippen LogP contribution in [0.1, 0.15) is 5.56 Å². The van der Waals surface area contributed by atoms with Crippen molar-refractivity contribution in [3.8, 4) is 5.69 Å². The van der Waals surface area contributed by atoms with E-state index in [2.05, 4.69) is 4.98 Å². The molecule has 0 saturated carbocycles. The highest BCUT2D eigenvalue weighted by Gasteiger charge is 2.12. The third-order valence-electron chi connectivity index (χ3n) is 3.19. The SMILES string of the molecule is Cc1cnccc1-n1c(=O)n(C)c2ccccc21. The molecule has 0 fully saturated rings. The molecular weight excluding hydrogens is 226 g/mol. The molecule has 0 bridgehead atoms. The third-order valence-corrected chi connectivity index (χ3v) is 3.19. The van der Waals surface area contributed by atoms with E-state index in [1.807, 2.05) is 37.3 Å². The highest BCUT2D eigenvalue weighted by atomic mass is 16.1. The molecule has 0 radical (unpaired) electrons. The van der Waals surface area contributed by atoms with Crippen molar-refractivity contribution < 1.29 is 0 Å². The van der Waals surface area contributed by atoms with Crippen LogP contribution in [0.25, 0.3) is 16.7 Å². The predicted molar refractivity (Wildman–Crippen MR) is 71.0 cm³/mol. The minimum atomic E-state index is -0.0366. The van der Waals surface area contributed by atoms with Gasteiger partial charge in [0.2, 0.25) is 0 Å². The molecule has 90 valence electrons. The third kappa shape index (κ3) is 1.39. The number of rotatable bonds is 1. The summed E-state index contributed by atoms with van der Waals surface area (Å²) < 4.78 is 3.39. The van der Waals surface area contributed by atoms with Gasteiger partial charge in [-0.05, 0) is 30.7 Å². The molecule has 18 heavy (non-hydrogen) atoms. The quantitative estimate of drug-likeness (QED) is 0.652. The van der Waals surface area contributed by atoms with Crippen LogP contribution in [0.15, 0.2) is 47.5 Å². The predicted octanol–water partition coefficient (Wildman–Crippen LogP) is 2.03. The molecule has 0 aliphatic carbocycles. The Morgan fingerprint density at radius 2 is 1.83 bits per heavy atom. The van der Waals surface area contributed by atoms with E-state index in [4.69, 9.17) is 0 Å². The molecule has 2 heterocycles. The van der Waals surface area contributed by atoms with Crippen molar-refractivity contribution in [1.29, 1.82) is 0 Å². The number of pyridine rings is 1. The van der Waals surface area contributed by atoms with E-state index in [1.165, 1.54) is 0 Å². The lowest BCUT2D eigenvalue weighted by atomic mass is 10.2. The second-order valence-electron chi connectivity index (χ2n) is 4.33. The van der Waals surface area contributed by atoms with Crippen molar-refractivity contribution in [3.05, 3.63) is 58.8 Å². The summed E-state index contributed by atoms with van der Waals surface area (Å²) in [6.45, 7) is 1.95. The highest BCUT2D eigenvalue weighted by molar-refractivity contribution is 5.78. The van der Waals surface area contributed by atoms with Gasteiger partial charge in [0.25, 0.3) is 0 Å². The molecule has 0 N–H and O–H groups in total. The molecule has 0 aliphatic heterocycles. The fourth-order valence-corrected chi connectivity index (χ4v) is 2.24. The van der Waals surface area contributed by atoms with Gasteiger partial charge in [0.15, 0.2) is 0 Å². The van der Waals surface area contributed by atoms with Gasteiger partial charge < -0.3 is 0 Å². The number of aryl methyl sites for hydroxylation is 2. The zero-order valence-corrected chi connectivity index (χ0v) is 10.3. The summed E-state index contributed by atoms with van der Waals surface area (Å²) in [4.78, 5) is 16.4. The number of aromatic nitrogens is 3. The number of imidazole rings is 1. The number of hydrogen-bond donors (Lipinski definition) is 0. The molecule has 0 atom stereocenters. The lowest BCUT2D eigenvalue weighted by Gasteiger charge is -2.05. The van der Waals surface area contributed by atoms with Gasteiger partial charge in [0.05, 0.1) is 16.7 Å². The van der Waals surface area contributed by atoms with Gasteiger partial charge in [-0.2, -0.15) is 0 Å². The van der Waals surface area contributed by atoms with Crippen LogP contribution < -0.4 is 5.69 Å². The van der Waals surface area contributed by atoms with Gasteiger partial charge >= 0.3 is 5.69 Å². The minimum Gasteiger partial charge on any atom is -0.295 e. The second-order valence-corrected chi connectivity index (χ2v) is 4.33. The normalized spacial score (nSPS) is 11.0. The van der Waals surface area contributed by atoms with Crippen molar-refractivity contribution in [1.82, 2.24) is 14.1 Å². The van der Waals surface area contributed by atoms with E-state index < -0.39 is 0 Å². The zero-order chi connectivity index (χ0) is 12.7. The molecule has 2 aromatic heterocycles. The summed E-state index contributed by atoms with van der Waals surface area (Å²) in [6.07, 6.45) is 3.47. The Labute approximate surface area is 104 Å². The first-order chi connectivity index (χ1) is 8.70. The smallest absolute Gasteiger partial charge is 0.295 e. The van der Waals surface area contributed by atoms with Gasteiger partial charge in [-0.15, -0.1) is 0 Å². The maximum Gasteiger partial charge on any atom is 0.333 e. The first-order valence-corrected chi connectivity index (χ1v) is 5.77. The Bertz CT molecular complexity index is 783. The Morgan fingerprint density at radius 3 is 2.56 bits per heavy atom. The van der Waals surface area contributed by atoms with Crippen LogP contribution in [0.3, 0.4) is 0 Å². The number of hydrogen-bond acceptors (Lipinski definition) is 2. The summed E-state index contributed by atoms with van der Waals surface area (Å²) in [5.41, 5.74) is 3.67. The van der Waals surface area contributed by atoms with E-state index in [-0.39, 0.29) is 5.69 Å². The molecule has 4 nitrogen and oxygen atoms in total. The highest BCUT2D eigenvalue weighted by Crippen LogP contribution is 2.18. The van der Waals surface area contributed by atoms with E-state index in [1.54, 1.807) is 28.6 Å². The average molecular weight is 239 g/mol. The van der Waals surface area contributed by atoms with Gasteiger partial charge in [-0.25, -0.2) is 4.79 Å².